The van der Waals surface area contributed by atoms with Crippen molar-refractivity contribution in [2.24, 2.45) is 5.92 Å². The molecule has 5 heteroatoms. The minimum absolute atomic E-state index is 0.217. The van der Waals surface area contributed by atoms with Crippen molar-refractivity contribution in [2.45, 2.75) is 51.5 Å². The maximum absolute atomic E-state index is 13.2. The van der Waals surface area contributed by atoms with E-state index in [-0.39, 0.29) is 5.92 Å². The summed E-state index contributed by atoms with van der Waals surface area (Å²) in [4.78, 5) is 17.8. The fourth-order valence-electron chi connectivity index (χ4n) is 4.55. The highest BCUT2D eigenvalue weighted by Gasteiger charge is 2.27. The van der Waals surface area contributed by atoms with Crippen molar-refractivity contribution < 1.29 is 14.3 Å². The molecule has 5 nitrogen and oxygen atoms in total. The van der Waals surface area contributed by atoms with E-state index >= 15 is 0 Å². The Bertz CT molecular complexity index is 636. The molecule has 2 heterocycles. The Morgan fingerprint density at radius 1 is 1.00 bits per heavy atom. The minimum atomic E-state index is 0.217. The van der Waals surface area contributed by atoms with Crippen LogP contribution in [0.1, 0.15) is 50.5 Å². The first-order valence-corrected chi connectivity index (χ1v) is 10.7. The Morgan fingerprint density at radius 3 is 2.52 bits per heavy atom. The predicted molar refractivity (Wildman–Crippen MR) is 105 cm³/mol. The molecule has 0 N–H and O–H groups in total. The van der Waals surface area contributed by atoms with Crippen molar-refractivity contribution in [3.63, 3.8) is 0 Å². The summed E-state index contributed by atoms with van der Waals surface area (Å²) in [6.45, 7) is 6.03. The molecule has 27 heavy (non-hydrogen) atoms. The average molecular weight is 373 g/mol. The topological polar surface area (TPSA) is 42.0 Å². The minimum Gasteiger partial charge on any atom is -0.486 e. The molecule has 1 amide bonds. The molecule has 3 aliphatic rings. The highest BCUT2D eigenvalue weighted by atomic mass is 16.6. The van der Waals surface area contributed by atoms with Crippen LogP contribution in [0.25, 0.3) is 0 Å². The van der Waals surface area contributed by atoms with E-state index in [0.29, 0.717) is 25.7 Å². The zero-order chi connectivity index (χ0) is 18.5. The highest BCUT2D eigenvalue weighted by Crippen LogP contribution is 2.32. The molecule has 0 unspecified atom stereocenters. The Morgan fingerprint density at radius 2 is 1.74 bits per heavy atom. The zero-order valence-electron chi connectivity index (χ0n) is 16.3. The van der Waals surface area contributed by atoms with Crippen molar-refractivity contribution in [3.8, 4) is 11.5 Å². The van der Waals surface area contributed by atoms with Gasteiger partial charge in [-0.2, -0.15) is 0 Å². The number of carbonyl (C=O) groups excluding carboxylic acids is 1. The molecule has 1 aliphatic carbocycles. The van der Waals surface area contributed by atoms with Crippen LogP contribution in [0.3, 0.4) is 0 Å². The smallest absolute Gasteiger partial charge is 0.226 e. The summed E-state index contributed by atoms with van der Waals surface area (Å²) >= 11 is 0. The molecule has 0 aromatic heterocycles. The Labute approximate surface area is 162 Å². The summed E-state index contributed by atoms with van der Waals surface area (Å²) in [7, 11) is 0. The quantitative estimate of drug-likeness (QED) is 0.767. The van der Waals surface area contributed by atoms with Crippen LogP contribution in [0, 0.1) is 5.92 Å². The van der Waals surface area contributed by atoms with Crippen LogP contribution in [0.15, 0.2) is 18.2 Å². The molecule has 1 aromatic carbocycles. The van der Waals surface area contributed by atoms with Gasteiger partial charge in [0, 0.05) is 25.6 Å². The molecule has 0 atom stereocenters. The van der Waals surface area contributed by atoms with Gasteiger partial charge in [0.2, 0.25) is 5.91 Å². The van der Waals surface area contributed by atoms with Crippen LogP contribution in [-0.2, 0) is 11.3 Å². The van der Waals surface area contributed by atoms with Crippen LogP contribution in [0.4, 0.5) is 0 Å². The van der Waals surface area contributed by atoms with E-state index in [4.69, 9.17) is 9.47 Å². The molecule has 0 bridgehead atoms. The second kappa shape index (κ2) is 8.96. The summed E-state index contributed by atoms with van der Waals surface area (Å²) in [6, 6.07) is 6.10. The molecule has 2 aliphatic heterocycles. The van der Waals surface area contributed by atoms with Gasteiger partial charge in [-0.3, -0.25) is 4.79 Å². The first kappa shape index (κ1) is 18.6. The number of nitrogens with zero attached hydrogens (tertiary/aromatic N) is 2. The van der Waals surface area contributed by atoms with Gasteiger partial charge in [-0.05, 0) is 56.5 Å². The lowest BCUT2D eigenvalue weighted by Gasteiger charge is -2.31. The van der Waals surface area contributed by atoms with Gasteiger partial charge in [0.05, 0.1) is 0 Å². The van der Waals surface area contributed by atoms with E-state index in [1.165, 1.54) is 45.2 Å². The molecular weight excluding hydrogens is 340 g/mol. The second-order valence-electron chi connectivity index (χ2n) is 8.12. The van der Waals surface area contributed by atoms with E-state index in [9.17, 15) is 4.79 Å². The van der Waals surface area contributed by atoms with Gasteiger partial charge >= 0.3 is 0 Å². The van der Waals surface area contributed by atoms with Crippen molar-refractivity contribution in [2.75, 3.05) is 39.4 Å². The van der Waals surface area contributed by atoms with Gasteiger partial charge < -0.3 is 19.3 Å². The van der Waals surface area contributed by atoms with Gasteiger partial charge in [-0.1, -0.05) is 25.3 Å². The number of hydrogen-bond donors (Lipinski definition) is 0. The van der Waals surface area contributed by atoms with E-state index < -0.39 is 0 Å². The molecule has 2 fully saturated rings. The van der Waals surface area contributed by atoms with Crippen molar-refractivity contribution in [3.05, 3.63) is 23.8 Å². The van der Waals surface area contributed by atoms with Gasteiger partial charge in [0.15, 0.2) is 11.5 Å². The lowest BCUT2D eigenvalue weighted by Crippen LogP contribution is -2.41. The first-order chi connectivity index (χ1) is 13.3. The zero-order valence-corrected chi connectivity index (χ0v) is 16.3. The van der Waals surface area contributed by atoms with E-state index in [2.05, 4.69) is 15.9 Å². The third kappa shape index (κ3) is 4.75. The first-order valence-electron chi connectivity index (χ1n) is 10.7. The van der Waals surface area contributed by atoms with Gasteiger partial charge in [-0.25, -0.2) is 0 Å². The predicted octanol–water partition coefficient (Wildman–Crippen LogP) is 3.46. The normalized spacial score (nSPS) is 20.6. The summed E-state index contributed by atoms with van der Waals surface area (Å²) in [5.41, 5.74) is 1.13. The average Bonchev–Trinajstić information content (AvgIpc) is 3.25. The highest BCUT2D eigenvalue weighted by molar-refractivity contribution is 5.79. The second-order valence-corrected chi connectivity index (χ2v) is 8.12. The van der Waals surface area contributed by atoms with Gasteiger partial charge in [0.1, 0.15) is 13.2 Å². The fraction of sp³-hybridized carbons (Fsp3) is 0.682. The molecule has 0 spiro atoms. The lowest BCUT2D eigenvalue weighted by molar-refractivity contribution is -0.137. The van der Waals surface area contributed by atoms with Crippen LogP contribution < -0.4 is 9.47 Å². The monoisotopic (exact) mass is 372 g/mol. The molecule has 1 saturated heterocycles. The van der Waals surface area contributed by atoms with E-state index in [1.807, 2.05) is 12.1 Å². The lowest BCUT2D eigenvalue weighted by atomic mass is 9.88. The summed E-state index contributed by atoms with van der Waals surface area (Å²) < 4.78 is 11.4. The Balaban J connectivity index is 1.45. The van der Waals surface area contributed by atoms with Gasteiger partial charge in [-0.15, -0.1) is 0 Å². The third-order valence-electron chi connectivity index (χ3n) is 6.13. The molecule has 4 rings (SSSR count). The molecule has 1 aromatic rings. The number of fused-ring (bicyclic) bond motifs is 1. The standard InChI is InChI=1S/C22H32N2O3/c25-22(19-6-2-1-3-7-19)24(13-12-23-10-4-5-11-23)17-18-8-9-20-21(16-18)27-15-14-26-20/h8-9,16,19H,1-7,10-15,17H2. The number of carbonyl (C=O) groups is 1. The van der Waals surface area contributed by atoms with Crippen molar-refractivity contribution >= 4 is 5.91 Å². The van der Waals surface area contributed by atoms with Crippen LogP contribution in [-0.4, -0.2) is 55.1 Å². The molecule has 148 valence electrons. The number of likely N-dealkylation sites (tertiary alicyclic amines) is 1. The largest absolute Gasteiger partial charge is 0.486 e. The maximum atomic E-state index is 13.2. The molecular formula is C22H32N2O3. The number of hydrogen-bond acceptors (Lipinski definition) is 4. The van der Waals surface area contributed by atoms with Crippen LogP contribution in [0.5, 0.6) is 11.5 Å². The van der Waals surface area contributed by atoms with E-state index in [0.717, 1.165) is 43.0 Å². The fourth-order valence-corrected chi connectivity index (χ4v) is 4.55. The summed E-state index contributed by atoms with van der Waals surface area (Å²) in [5.74, 6) is 2.19. The Hall–Kier alpha value is -1.75. The van der Waals surface area contributed by atoms with Gasteiger partial charge in [0.25, 0.3) is 0 Å². The number of benzene rings is 1. The molecule has 0 radical (unpaired) electrons. The van der Waals surface area contributed by atoms with Crippen LogP contribution in [0.2, 0.25) is 0 Å². The summed E-state index contributed by atoms with van der Waals surface area (Å²) in [5, 5.41) is 0. The van der Waals surface area contributed by atoms with Crippen molar-refractivity contribution in [1.29, 1.82) is 0 Å². The SMILES string of the molecule is O=C(C1CCCCC1)N(CCN1CCCC1)Cc1ccc2c(c1)OCCO2. The molecule has 1 saturated carbocycles. The summed E-state index contributed by atoms with van der Waals surface area (Å²) in [6.07, 6.45) is 8.36. The Kier molecular flexibility index (Phi) is 6.17. The third-order valence-corrected chi connectivity index (χ3v) is 6.13. The maximum Gasteiger partial charge on any atom is 0.226 e. The van der Waals surface area contributed by atoms with Crippen LogP contribution >= 0.6 is 0 Å². The number of amides is 1. The van der Waals surface area contributed by atoms with Crippen molar-refractivity contribution in [1.82, 2.24) is 9.80 Å². The number of rotatable bonds is 6. The van der Waals surface area contributed by atoms with E-state index in [1.54, 1.807) is 0 Å². The number of ether oxygens (including phenoxy) is 2.